The highest BCUT2D eigenvalue weighted by Gasteiger charge is 2.22. The number of nitrogens with zero attached hydrogens (tertiary/aromatic N) is 1. The summed E-state index contributed by atoms with van der Waals surface area (Å²) in [7, 11) is 0. The van der Waals surface area contributed by atoms with Crippen LogP contribution in [0.5, 0.6) is 0 Å². The van der Waals surface area contributed by atoms with Crippen molar-refractivity contribution in [3.05, 3.63) is 41.4 Å². The summed E-state index contributed by atoms with van der Waals surface area (Å²) >= 11 is 0. The molecule has 0 aromatic carbocycles. The summed E-state index contributed by atoms with van der Waals surface area (Å²) in [6.07, 6.45) is 2.26. The Morgan fingerprint density at radius 1 is 1.50 bits per heavy atom. The van der Waals surface area contributed by atoms with E-state index in [4.69, 9.17) is 10.2 Å². The fraction of sp³-hybridized carbons (Fsp3) is 0.182. The second-order valence-electron chi connectivity index (χ2n) is 3.04. The van der Waals surface area contributed by atoms with Gasteiger partial charge in [-0.25, -0.2) is 4.79 Å². The molecule has 0 amide bonds. The largest absolute Gasteiger partial charge is 0.515 e. The van der Waals surface area contributed by atoms with Gasteiger partial charge in [0.25, 0.3) is 0 Å². The molecule has 0 aliphatic carbocycles. The van der Waals surface area contributed by atoms with Gasteiger partial charge in [0.05, 0.1) is 6.26 Å². The molecule has 0 aliphatic heterocycles. The smallest absolute Gasteiger partial charge is 0.342 e. The number of aryl methyl sites for hydroxylation is 1. The molecule has 84 valence electrons. The van der Waals surface area contributed by atoms with E-state index in [0.29, 0.717) is 18.2 Å². The summed E-state index contributed by atoms with van der Waals surface area (Å²) < 4.78 is 0. The number of ketones is 1. The third-order valence-corrected chi connectivity index (χ3v) is 2.09. The van der Waals surface area contributed by atoms with Gasteiger partial charge in [0, 0.05) is 6.20 Å². The first-order chi connectivity index (χ1) is 7.61. The highest BCUT2D eigenvalue weighted by atomic mass is 16.4. The SMILES string of the molecule is CCc1cccnc1C(=O)C(=CO)C(=O)O. The van der Waals surface area contributed by atoms with Gasteiger partial charge in [-0.2, -0.15) is 0 Å². The average Bonchev–Trinajstić information content (AvgIpc) is 2.29. The minimum atomic E-state index is -1.47. The summed E-state index contributed by atoms with van der Waals surface area (Å²) in [5.41, 5.74) is 0.0224. The Bertz CT molecular complexity index is 451. The van der Waals surface area contributed by atoms with E-state index in [9.17, 15) is 9.59 Å². The highest BCUT2D eigenvalue weighted by Crippen LogP contribution is 2.11. The molecule has 16 heavy (non-hydrogen) atoms. The first-order valence-corrected chi connectivity index (χ1v) is 4.68. The molecule has 0 saturated carbocycles. The summed E-state index contributed by atoms with van der Waals surface area (Å²) in [4.78, 5) is 26.2. The summed E-state index contributed by atoms with van der Waals surface area (Å²) in [5, 5.41) is 17.4. The lowest BCUT2D eigenvalue weighted by atomic mass is 10.0. The number of hydrogen-bond donors (Lipinski definition) is 2. The number of hydrogen-bond acceptors (Lipinski definition) is 4. The molecule has 0 fully saturated rings. The van der Waals surface area contributed by atoms with Crippen LogP contribution in [0, 0.1) is 0 Å². The van der Waals surface area contributed by atoms with E-state index in [2.05, 4.69) is 4.98 Å². The molecule has 5 nitrogen and oxygen atoms in total. The van der Waals surface area contributed by atoms with Gasteiger partial charge < -0.3 is 10.2 Å². The van der Waals surface area contributed by atoms with Gasteiger partial charge in [-0.15, -0.1) is 0 Å². The maximum atomic E-state index is 11.7. The number of carboxylic acid groups (broad SMARTS) is 1. The fourth-order valence-electron chi connectivity index (χ4n) is 1.27. The third kappa shape index (κ3) is 2.25. The Morgan fingerprint density at radius 3 is 2.69 bits per heavy atom. The predicted molar refractivity (Wildman–Crippen MR) is 56.3 cm³/mol. The summed E-state index contributed by atoms with van der Waals surface area (Å²) in [5.74, 6) is -2.26. The van der Waals surface area contributed by atoms with Crippen LogP contribution in [-0.2, 0) is 11.2 Å². The number of pyridine rings is 1. The van der Waals surface area contributed by atoms with Crippen molar-refractivity contribution in [2.75, 3.05) is 0 Å². The topological polar surface area (TPSA) is 87.5 Å². The molecule has 5 heteroatoms. The second-order valence-corrected chi connectivity index (χ2v) is 3.04. The third-order valence-electron chi connectivity index (χ3n) is 2.09. The molecular weight excluding hydrogens is 210 g/mol. The fourth-order valence-corrected chi connectivity index (χ4v) is 1.27. The van der Waals surface area contributed by atoms with E-state index in [-0.39, 0.29) is 5.69 Å². The van der Waals surface area contributed by atoms with Crippen LogP contribution in [-0.4, -0.2) is 26.9 Å². The summed E-state index contributed by atoms with van der Waals surface area (Å²) in [6.45, 7) is 1.83. The van der Waals surface area contributed by atoms with Crippen molar-refractivity contribution in [1.82, 2.24) is 4.98 Å². The van der Waals surface area contributed by atoms with Crippen molar-refractivity contribution in [3.8, 4) is 0 Å². The molecule has 0 atom stereocenters. The van der Waals surface area contributed by atoms with Crippen LogP contribution in [0.15, 0.2) is 30.2 Å². The van der Waals surface area contributed by atoms with E-state index in [0.717, 1.165) is 0 Å². The van der Waals surface area contributed by atoms with E-state index >= 15 is 0 Å². The maximum Gasteiger partial charge on any atom is 0.342 e. The maximum absolute atomic E-state index is 11.7. The average molecular weight is 221 g/mol. The monoisotopic (exact) mass is 221 g/mol. The molecule has 1 heterocycles. The van der Waals surface area contributed by atoms with Gasteiger partial charge in [-0.05, 0) is 18.1 Å². The van der Waals surface area contributed by atoms with E-state index in [1.165, 1.54) is 6.20 Å². The van der Waals surface area contributed by atoms with Crippen LogP contribution in [0.25, 0.3) is 0 Å². The normalized spacial score (nSPS) is 11.2. The number of Topliss-reactive ketones (excluding diaryl/α,β-unsaturated/α-hetero) is 1. The van der Waals surface area contributed by atoms with Gasteiger partial charge >= 0.3 is 5.97 Å². The molecule has 0 unspecified atom stereocenters. The van der Waals surface area contributed by atoms with Gasteiger partial charge in [0.2, 0.25) is 5.78 Å². The lowest BCUT2D eigenvalue weighted by molar-refractivity contribution is -0.132. The van der Waals surface area contributed by atoms with E-state index in [1.54, 1.807) is 12.1 Å². The van der Waals surface area contributed by atoms with Crippen molar-refractivity contribution >= 4 is 11.8 Å². The van der Waals surface area contributed by atoms with Crippen molar-refractivity contribution in [1.29, 1.82) is 0 Å². The van der Waals surface area contributed by atoms with Crippen LogP contribution in [0.2, 0.25) is 0 Å². The zero-order valence-electron chi connectivity index (χ0n) is 8.67. The molecule has 1 aromatic heterocycles. The Morgan fingerprint density at radius 2 is 2.19 bits per heavy atom. The first kappa shape index (κ1) is 11.9. The number of aliphatic hydroxyl groups is 1. The quantitative estimate of drug-likeness (QED) is 0.263. The van der Waals surface area contributed by atoms with Crippen LogP contribution in [0.3, 0.4) is 0 Å². The van der Waals surface area contributed by atoms with Crippen LogP contribution >= 0.6 is 0 Å². The van der Waals surface area contributed by atoms with Crippen LogP contribution in [0.1, 0.15) is 23.0 Å². The Balaban J connectivity index is 3.19. The molecule has 0 saturated heterocycles. The number of carboxylic acids is 1. The van der Waals surface area contributed by atoms with E-state index in [1.807, 2.05) is 6.92 Å². The predicted octanol–water partition coefficient (Wildman–Crippen LogP) is 1.35. The van der Waals surface area contributed by atoms with Crippen molar-refractivity contribution in [3.63, 3.8) is 0 Å². The minimum absolute atomic E-state index is 0.0627. The van der Waals surface area contributed by atoms with Gasteiger partial charge in [-0.3, -0.25) is 9.78 Å². The molecule has 1 rings (SSSR count). The Kier molecular flexibility index (Phi) is 3.77. The minimum Gasteiger partial charge on any atom is -0.515 e. The standard InChI is InChI=1S/C11H11NO4/c1-2-7-4-3-5-12-9(7)10(14)8(6-13)11(15)16/h3-6,13H,2H2,1H3,(H,15,16). The van der Waals surface area contributed by atoms with Gasteiger partial charge in [0.15, 0.2) is 0 Å². The van der Waals surface area contributed by atoms with Gasteiger partial charge in [0.1, 0.15) is 11.3 Å². The lowest BCUT2D eigenvalue weighted by Gasteiger charge is -2.04. The Hall–Kier alpha value is -2.17. The molecule has 0 spiro atoms. The van der Waals surface area contributed by atoms with E-state index < -0.39 is 17.3 Å². The molecule has 1 aromatic rings. The number of aliphatic carboxylic acids is 1. The van der Waals surface area contributed by atoms with Crippen LogP contribution < -0.4 is 0 Å². The summed E-state index contributed by atoms with van der Waals surface area (Å²) in [6, 6.07) is 3.36. The van der Waals surface area contributed by atoms with Gasteiger partial charge in [-0.1, -0.05) is 13.0 Å². The van der Waals surface area contributed by atoms with Crippen LogP contribution in [0.4, 0.5) is 0 Å². The van der Waals surface area contributed by atoms with Crippen molar-refractivity contribution < 1.29 is 19.8 Å². The molecule has 2 N–H and O–H groups in total. The molecule has 0 bridgehead atoms. The highest BCUT2D eigenvalue weighted by molar-refractivity contribution is 6.23. The number of aromatic nitrogens is 1. The molecule has 0 aliphatic rings. The Labute approximate surface area is 92.1 Å². The van der Waals surface area contributed by atoms with Crippen molar-refractivity contribution in [2.45, 2.75) is 13.3 Å². The number of carbonyl (C=O) groups is 2. The molecular formula is C11H11NO4. The first-order valence-electron chi connectivity index (χ1n) is 4.68. The number of carbonyl (C=O) groups excluding carboxylic acids is 1. The number of aliphatic hydroxyl groups excluding tert-OH is 1. The second kappa shape index (κ2) is 5.06. The lowest BCUT2D eigenvalue weighted by Crippen LogP contribution is -2.15. The zero-order valence-corrected chi connectivity index (χ0v) is 8.67. The zero-order chi connectivity index (χ0) is 12.1. The van der Waals surface area contributed by atoms with Crippen molar-refractivity contribution in [2.24, 2.45) is 0 Å². The molecule has 0 radical (unpaired) electrons. The number of rotatable bonds is 4.